The smallest absolute Gasteiger partial charge is 0.238 e. The van der Waals surface area contributed by atoms with Crippen LogP contribution >= 0.6 is 24.0 Å². The Morgan fingerprint density at radius 3 is 2.84 bits per heavy atom. The van der Waals surface area contributed by atoms with Crippen LogP contribution in [-0.2, 0) is 4.79 Å². The summed E-state index contributed by atoms with van der Waals surface area (Å²) in [7, 11) is 1.59. The molecular formula is C18H27Cl2N3O2. The number of carbonyl (C=O) groups excluding carboxylic acids is 1. The summed E-state index contributed by atoms with van der Waals surface area (Å²) in [5.74, 6) is 0.614. The molecule has 7 heteroatoms. The van der Waals surface area contributed by atoms with Gasteiger partial charge < -0.3 is 15.4 Å². The lowest BCUT2D eigenvalue weighted by molar-refractivity contribution is -0.120. The van der Waals surface area contributed by atoms with Gasteiger partial charge in [-0.3, -0.25) is 9.69 Å². The molecule has 0 atom stereocenters. The number of benzene rings is 1. The maximum atomic E-state index is 12.6. The number of carbonyl (C=O) groups is 1. The van der Waals surface area contributed by atoms with Crippen LogP contribution in [-0.4, -0.2) is 49.6 Å². The Bertz CT molecular complexity index is 583. The van der Waals surface area contributed by atoms with Gasteiger partial charge in [0.2, 0.25) is 5.91 Å². The van der Waals surface area contributed by atoms with Gasteiger partial charge in [0.1, 0.15) is 5.75 Å². The molecule has 2 N–H and O–H groups in total. The SMILES string of the molecule is COc1ccc(Cl)cc1NC(=O)CN1CCNCC12CCCCC2.Cl. The molecule has 1 aromatic rings. The van der Waals surface area contributed by atoms with Crippen LogP contribution in [0.5, 0.6) is 5.75 Å². The molecule has 0 bridgehead atoms. The Balaban J connectivity index is 0.00000225. The molecule has 1 saturated carbocycles. The molecule has 1 aromatic carbocycles. The second-order valence-electron chi connectivity index (χ2n) is 6.78. The molecule has 140 valence electrons. The summed E-state index contributed by atoms with van der Waals surface area (Å²) in [5.41, 5.74) is 0.773. The normalized spacial score (nSPS) is 19.9. The van der Waals surface area contributed by atoms with Crippen LogP contribution in [0.15, 0.2) is 18.2 Å². The minimum absolute atomic E-state index is 0. The maximum Gasteiger partial charge on any atom is 0.238 e. The monoisotopic (exact) mass is 387 g/mol. The molecular weight excluding hydrogens is 361 g/mol. The van der Waals surface area contributed by atoms with Gasteiger partial charge in [-0.25, -0.2) is 0 Å². The lowest BCUT2D eigenvalue weighted by Crippen LogP contribution is -2.63. The van der Waals surface area contributed by atoms with Crippen molar-refractivity contribution in [2.75, 3.05) is 38.6 Å². The fraction of sp³-hybridized carbons (Fsp3) is 0.611. The molecule has 1 saturated heterocycles. The minimum atomic E-state index is -0.0117. The van der Waals surface area contributed by atoms with Gasteiger partial charge in [-0.2, -0.15) is 0 Å². The van der Waals surface area contributed by atoms with E-state index in [0.717, 1.165) is 19.6 Å². The lowest BCUT2D eigenvalue weighted by atomic mass is 9.79. The van der Waals surface area contributed by atoms with Gasteiger partial charge in [0.25, 0.3) is 0 Å². The summed E-state index contributed by atoms with van der Waals surface area (Å²) in [4.78, 5) is 15.0. The van der Waals surface area contributed by atoms with Gasteiger partial charge >= 0.3 is 0 Å². The first kappa shape index (κ1) is 20.3. The summed E-state index contributed by atoms with van der Waals surface area (Å²) in [6.07, 6.45) is 6.16. The van der Waals surface area contributed by atoms with Gasteiger partial charge in [-0.05, 0) is 31.0 Å². The number of hydrogen-bond donors (Lipinski definition) is 2. The van der Waals surface area contributed by atoms with E-state index in [1.807, 2.05) is 0 Å². The molecule has 2 fully saturated rings. The van der Waals surface area contributed by atoms with Crippen LogP contribution < -0.4 is 15.4 Å². The van der Waals surface area contributed by atoms with Gasteiger partial charge in [-0.15, -0.1) is 12.4 Å². The zero-order valence-electron chi connectivity index (χ0n) is 14.6. The molecule has 0 aromatic heterocycles. The number of halogens is 2. The average molecular weight is 388 g/mol. The van der Waals surface area contributed by atoms with E-state index >= 15 is 0 Å². The summed E-state index contributed by atoms with van der Waals surface area (Å²) in [6.45, 7) is 3.26. The predicted octanol–water partition coefficient (Wildman–Crippen LogP) is 3.32. The van der Waals surface area contributed by atoms with E-state index in [1.54, 1.807) is 25.3 Å². The van der Waals surface area contributed by atoms with Crippen molar-refractivity contribution >= 4 is 35.6 Å². The largest absolute Gasteiger partial charge is 0.495 e. The third kappa shape index (κ3) is 4.79. The average Bonchev–Trinajstić information content (AvgIpc) is 2.58. The third-order valence-corrected chi connectivity index (χ3v) is 5.47. The topological polar surface area (TPSA) is 53.6 Å². The molecule has 0 unspecified atom stereocenters. The van der Waals surface area contributed by atoms with E-state index in [2.05, 4.69) is 15.5 Å². The number of rotatable bonds is 4. The maximum absolute atomic E-state index is 12.6. The molecule has 1 aliphatic carbocycles. The van der Waals surface area contributed by atoms with Crippen LogP contribution in [0.2, 0.25) is 5.02 Å². The number of hydrogen-bond acceptors (Lipinski definition) is 4. The van der Waals surface area contributed by atoms with E-state index in [1.165, 1.54) is 32.1 Å². The summed E-state index contributed by atoms with van der Waals surface area (Å²) < 4.78 is 5.30. The zero-order chi connectivity index (χ0) is 17.0. The number of nitrogens with zero attached hydrogens (tertiary/aromatic N) is 1. The highest BCUT2D eigenvalue weighted by Gasteiger charge is 2.40. The number of amides is 1. The van der Waals surface area contributed by atoms with Crippen molar-refractivity contribution in [1.82, 2.24) is 10.2 Å². The number of anilines is 1. The number of piperazine rings is 1. The van der Waals surface area contributed by atoms with Crippen molar-refractivity contribution in [2.24, 2.45) is 0 Å². The van der Waals surface area contributed by atoms with Gasteiger partial charge in [0.05, 0.1) is 19.3 Å². The molecule has 1 heterocycles. The van der Waals surface area contributed by atoms with Crippen molar-refractivity contribution in [3.8, 4) is 5.75 Å². The van der Waals surface area contributed by atoms with Crippen molar-refractivity contribution in [1.29, 1.82) is 0 Å². The number of ether oxygens (including phenoxy) is 1. The van der Waals surface area contributed by atoms with Gasteiger partial charge in [0, 0.05) is 30.2 Å². The fourth-order valence-corrected chi connectivity index (χ4v) is 4.15. The highest BCUT2D eigenvalue weighted by molar-refractivity contribution is 6.31. The van der Waals surface area contributed by atoms with Crippen LogP contribution in [0.3, 0.4) is 0 Å². The van der Waals surface area contributed by atoms with E-state index in [0.29, 0.717) is 23.0 Å². The zero-order valence-corrected chi connectivity index (χ0v) is 16.2. The second-order valence-corrected chi connectivity index (χ2v) is 7.21. The Kier molecular flexibility index (Phi) is 7.37. The molecule has 1 amide bonds. The van der Waals surface area contributed by atoms with Crippen molar-refractivity contribution < 1.29 is 9.53 Å². The van der Waals surface area contributed by atoms with Crippen molar-refractivity contribution in [3.63, 3.8) is 0 Å². The summed E-state index contributed by atoms with van der Waals surface area (Å²) in [5, 5.41) is 7.05. The third-order valence-electron chi connectivity index (χ3n) is 5.24. The van der Waals surface area contributed by atoms with Crippen LogP contribution in [0, 0.1) is 0 Å². The fourth-order valence-electron chi connectivity index (χ4n) is 3.97. The van der Waals surface area contributed by atoms with E-state index in [-0.39, 0.29) is 23.9 Å². The Labute approximate surface area is 160 Å². The first-order valence-corrected chi connectivity index (χ1v) is 9.10. The molecule has 2 aliphatic rings. The van der Waals surface area contributed by atoms with Crippen molar-refractivity contribution in [3.05, 3.63) is 23.2 Å². The molecule has 0 radical (unpaired) electrons. The summed E-state index contributed by atoms with van der Waals surface area (Å²) in [6, 6.07) is 5.25. The lowest BCUT2D eigenvalue weighted by Gasteiger charge is -2.49. The standard InChI is InChI=1S/C18H26ClN3O2.ClH/c1-24-16-6-5-14(19)11-15(16)21-17(23)12-22-10-9-20-13-18(22)7-3-2-4-8-18;/h5-6,11,20H,2-4,7-10,12-13H2,1H3,(H,21,23);1H. The first-order valence-electron chi connectivity index (χ1n) is 8.72. The molecule has 25 heavy (non-hydrogen) atoms. The van der Waals surface area contributed by atoms with Gasteiger partial charge in [0.15, 0.2) is 0 Å². The van der Waals surface area contributed by atoms with Crippen LogP contribution in [0.4, 0.5) is 5.69 Å². The molecule has 3 rings (SSSR count). The van der Waals surface area contributed by atoms with E-state index in [9.17, 15) is 4.79 Å². The highest BCUT2D eigenvalue weighted by atomic mass is 35.5. The molecule has 1 aliphatic heterocycles. The van der Waals surface area contributed by atoms with E-state index < -0.39 is 0 Å². The van der Waals surface area contributed by atoms with Crippen LogP contribution in [0.25, 0.3) is 0 Å². The number of methoxy groups -OCH3 is 1. The molecule has 1 spiro atoms. The Morgan fingerprint density at radius 1 is 1.36 bits per heavy atom. The predicted molar refractivity (Wildman–Crippen MR) is 104 cm³/mol. The first-order chi connectivity index (χ1) is 11.6. The summed E-state index contributed by atoms with van der Waals surface area (Å²) >= 11 is 6.04. The Hall–Kier alpha value is -1.01. The Morgan fingerprint density at radius 2 is 2.12 bits per heavy atom. The molecule has 5 nitrogen and oxygen atoms in total. The van der Waals surface area contributed by atoms with E-state index in [4.69, 9.17) is 16.3 Å². The van der Waals surface area contributed by atoms with Crippen molar-refractivity contribution in [2.45, 2.75) is 37.6 Å². The van der Waals surface area contributed by atoms with Gasteiger partial charge in [-0.1, -0.05) is 30.9 Å². The second kappa shape index (κ2) is 9.08. The van der Waals surface area contributed by atoms with Crippen LogP contribution in [0.1, 0.15) is 32.1 Å². The number of nitrogens with one attached hydrogen (secondary N) is 2. The highest BCUT2D eigenvalue weighted by Crippen LogP contribution is 2.34. The minimum Gasteiger partial charge on any atom is -0.495 e. The quantitative estimate of drug-likeness (QED) is 0.831.